The zero-order valence-electron chi connectivity index (χ0n) is 8.64. The van der Waals surface area contributed by atoms with E-state index in [4.69, 9.17) is 0 Å². The first-order valence-corrected chi connectivity index (χ1v) is 5.23. The molecule has 0 saturated heterocycles. The van der Waals surface area contributed by atoms with Crippen LogP contribution >= 0.6 is 0 Å². The van der Waals surface area contributed by atoms with Gasteiger partial charge in [-0.3, -0.25) is 0 Å². The number of fused-ring (bicyclic) bond motifs is 1. The Hall–Kier alpha value is -1.65. The SMILES string of the molecule is Cn1cnc2c(NC3CCC3)ncnc21. The maximum atomic E-state index is 4.31. The van der Waals surface area contributed by atoms with Crippen molar-refractivity contribution in [3.05, 3.63) is 12.7 Å². The van der Waals surface area contributed by atoms with Crippen molar-refractivity contribution in [2.45, 2.75) is 25.3 Å². The minimum Gasteiger partial charge on any atom is -0.365 e. The summed E-state index contributed by atoms with van der Waals surface area (Å²) in [6.45, 7) is 0. The van der Waals surface area contributed by atoms with E-state index in [-0.39, 0.29) is 0 Å². The average molecular weight is 203 g/mol. The Morgan fingerprint density at radius 2 is 2.20 bits per heavy atom. The maximum absolute atomic E-state index is 4.31. The minimum absolute atomic E-state index is 0.574. The molecule has 1 aliphatic rings. The van der Waals surface area contributed by atoms with Gasteiger partial charge < -0.3 is 9.88 Å². The first kappa shape index (κ1) is 8.64. The molecule has 2 heterocycles. The third-order valence-electron chi connectivity index (χ3n) is 2.94. The summed E-state index contributed by atoms with van der Waals surface area (Å²) in [6.07, 6.45) is 7.14. The summed E-state index contributed by atoms with van der Waals surface area (Å²) < 4.78 is 1.91. The second-order valence-corrected chi connectivity index (χ2v) is 4.02. The molecule has 0 amide bonds. The lowest BCUT2D eigenvalue weighted by molar-refractivity contribution is 0.444. The van der Waals surface area contributed by atoms with Crippen LogP contribution in [0.2, 0.25) is 0 Å². The van der Waals surface area contributed by atoms with Crippen molar-refractivity contribution in [3.63, 3.8) is 0 Å². The Labute approximate surface area is 87.6 Å². The van der Waals surface area contributed by atoms with Gasteiger partial charge in [0.15, 0.2) is 11.5 Å². The molecule has 0 aliphatic heterocycles. The molecular weight excluding hydrogens is 190 g/mol. The first-order valence-electron chi connectivity index (χ1n) is 5.23. The highest BCUT2D eigenvalue weighted by Crippen LogP contribution is 2.24. The Morgan fingerprint density at radius 1 is 1.33 bits per heavy atom. The molecule has 1 fully saturated rings. The molecule has 0 atom stereocenters. The number of rotatable bonds is 2. The molecule has 0 radical (unpaired) electrons. The minimum atomic E-state index is 0.574. The third kappa shape index (κ3) is 1.35. The molecule has 5 nitrogen and oxygen atoms in total. The predicted molar refractivity (Wildman–Crippen MR) is 57.6 cm³/mol. The Balaban J connectivity index is 2.01. The summed E-state index contributed by atoms with van der Waals surface area (Å²) in [6, 6.07) is 0.574. The quantitative estimate of drug-likeness (QED) is 0.800. The van der Waals surface area contributed by atoms with Gasteiger partial charge in [0, 0.05) is 13.1 Å². The predicted octanol–water partition coefficient (Wildman–Crippen LogP) is 1.33. The van der Waals surface area contributed by atoms with Crippen LogP contribution in [-0.2, 0) is 7.05 Å². The number of imidazole rings is 1. The van der Waals surface area contributed by atoms with Crippen LogP contribution in [0.3, 0.4) is 0 Å². The molecule has 1 aliphatic carbocycles. The van der Waals surface area contributed by atoms with Crippen molar-refractivity contribution in [1.82, 2.24) is 19.5 Å². The third-order valence-corrected chi connectivity index (χ3v) is 2.94. The molecule has 0 spiro atoms. The van der Waals surface area contributed by atoms with Crippen LogP contribution < -0.4 is 5.32 Å². The van der Waals surface area contributed by atoms with Crippen molar-refractivity contribution >= 4 is 17.0 Å². The Morgan fingerprint density at radius 3 is 2.93 bits per heavy atom. The van der Waals surface area contributed by atoms with Gasteiger partial charge in [-0.05, 0) is 19.3 Å². The molecule has 2 aromatic rings. The monoisotopic (exact) mass is 203 g/mol. The Bertz CT molecular complexity index is 486. The number of nitrogens with zero attached hydrogens (tertiary/aromatic N) is 4. The second kappa shape index (κ2) is 3.18. The van der Waals surface area contributed by atoms with E-state index < -0.39 is 0 Å². The van der Waals surface area contributed by atoms with Gasteiger partial charge in [-0.25, -0.2) is 15.0 Å². The molecule has 78 valence electrons. The summed E-state index contributed by atoms with van der Waals surface area (Å²) in [5, 5.41) is 3.41. The first-order chi connectivity index (χ1) is 7.34. The molecule has 1 N–H and O–H groups in total. The van der Waals surface area contributed by atoms with Crippen LogP contribution in [0.25, 0.3) is 11.2 Å². The van der Waals surface area contributed by atoms with E-state index in [0.29, 0.717) is 6.04 Å². The molecule has 0 aromatic carbocycles. The van der Waals surface area contributed by atoms with Crippen molar-refractivity contribution in [3.8, 4) is 0 Å². The van der Waals surface area contributed by atoms with Gasteiger partial charge in [-0.2, -0.15) is 0 Å². The van der Waals surface area contributed by atoms with Gasteiger partial charge in [0.25, 0.3) is 0 Å². The number of aryl methyl sites for hydroxylation is 1. The number of nitrogens with one attached hydrogen (secondary N) is 1. The lowest BCUT2D eigenvalue weighted by Gasteiger charge is -2.26. The van der Waals surface area contributed by atoms with E-state index in [0.717, 1.165) is 17.0 Å². The number of anilines is 1. The fraction of sp³-hybridized carbons (Fsp3) is 0.500. The highest BCUT2D eigenvalue weighted by atomic mass is 15.1. The van der Waals surface area contributed by atoms with Crippen molar-refractivity contribution < 1.29 is 0 Å². The second-order valence-electron chi connectivity index (χ2n) is 4.02. The topological polar surface area (TPSA) is 55.6 Å². The average Bonchev–Trinajstić information content (AvgIpc) is 2.55. The summed E-state index contributed by atoms with van der Waals surface area (Å²) in [5.74, 6) is 0.866. The van der Waals surface area contributed by atoms with E-state index in [1.54, 1.807) is 12.7 Å². The van der Waals surface area contributed by atoms with Crippen LogP contribution in [0.15, 0.2) is 12.7 Å². The van der Waals surface area contributed by atoms with Crippen LogP contribution in [-0.4, -0.2) is 25.6 Å². The van der Waals surface area contributed by atoms with Crippen LogP contribution in [0.1, 0.15) is 19.3 Å². The van der Waals surface area contributed by atoms with Crippen molar-refractivity contribution in [2.75, 3.05) is 5.32 Å². The standard InChI is InChI=1S/C10H13N5/c1-15-6-13-8-9(11-5-12-10(8)15)14-7-3-2-4-7/h5-7H,2-4H2,1H3,(H,11,12,14). The molecule has 2 aromatic heterocycles. The zero-order chi connectivity index (χ0) is 10.3. The van der Waals surface area contributed by atoms with Gasteiger partial charge >= 0.3 is 0 Å². The highest BCUT2D eigenvalue weighted by Gasteiger charge is 2.19. The zero-order valence-corrected chi connectivity index (χ0v) is 8.64. The van der Waals surface area contributed by atoms with Crippen LogP contribution in [0.5, 0.6) is 0 Å². The van der Waals surface area contributed by atoms with Gasteiger partial charge in [-0.1, -0.05) is 0 Å². The molecule has 0 bridgehead atoms. The molecular formula is C10H13N5. The highest BCUT2D eigenvalue weighted by molar-refractivity contribution is 5.82. The molecule has 5 heteroatoms. The lowest BCUT2D eigenvalue weighted by atomic mass is 9.93. The van der Waals surface area contributed by atoms with Gasteiger partial charge in [0.2, 0.25) is 0 Å². The van der Waals surface area contributed by atoms with E-state index in [1.165, 1.54) is 19.3 Å². The summed E-state index contributed by atoms with van der Waals surface area (Å²) >= 11 is 0. The van der Waals surface area contributed by atoms with E-state index >= 15 is 0 Å². The van der Waals surface area contributed by atoms with Gasteiger partial charge in [0.05, 0.1) is 6.33 Å². The largest absolute Gasteiger partial charge is 0.365 e. The number of hydrogen-bond acceptors (Lipinski definition) is 4. The molecule has 0 unspecified atom stereocenters. The fourth-order valence-electron chi connectivity index (χ4n) is 1.80. The van der Waals surface area contributed by atoms with E-state index in [2.05, 4.69) is 20.3 Å². The van der Waals surface area contributed by atoms with Crippen LogP contribution in [0.4, 0.5) is 5.82 Å². The summed E-state index contributed by atoms with van der Waals surface area (Å²) in [4.78, 5) is 12.8. The molecule has 15 heavy (non-hydrogen) atoms. The Kier molecular flexibility index (Phi) is 1.83. The normalized spacial score (nSPS) is 16.6. The number of hydrogen-bond donors (Lipinski definition) is 1. The lowest BCUT2D eigenvalue weighted by Crippen LogP contribution is -2.27. The molecule has 1 saturated carbocycles. The number of aromatic nitrogens is 4. The fourth-order valence-corrected chi connectivity index (χ4v) is 1.80. The van der Waals surface area contributed by atoms with Crippen molar-refractivity contribution in [2.24, 2.45) is 7.05 Å². The van der Waals surface area contributed by atoms with E-state index in [1.807, 2.05) is 11.6 Å². The maximum Gasteiger partial charge on any atom is 0.165 e. The van der Waals surface area contributed by atoms with Crippen molar-refractivity contribution in [1.29, 1.82) is 0 Å². The molecule has 3 rings (SSSR count). The summed E-state index contributed by atoms with van der Waals surface area (Å²) in [5.41, 5.74) is 1.75. The van der Waals surface area contributed by atoms with Gasteiger partial charge in [0.1, 0.15) is 11.8 Å². The van der Waals surface area contributed by atoms with Gasteiger partial charge in [-0.15, -0.1) is 0 Å². The smallest absolute Gasteiger partial charge is 0.165 e. The summed E-state index contributed by atoms with van der Waals surface area (Å²) in [7, 11) is 1.94. The van der Waals surface area contributed by atoms with E-state index in [9.17, 15) is 0 Å². The van der Waals surface area contributed by atoms with Crippen LogP contribution in [0, 0.1) is 0 Å².